The molecule has 0 atom stereocenters. The maximum absolute atomic E-state index is 13.5. The van der Waals surface area contributed by atoms with Gasteiger partial charge in [-0.15, -0.1) is 0 Å². The lowest BCUT2D eigenvalue weighted by Gasteiger charge is -2.14. The molecule has 5 rings (SSSR count). The van der Waals surface area contributed by atoms with Crippen LogP contribution in [0.5, 0.6) is 17.2 Å². The van der Waals surface area contributed by atoms with Crippen LogP contribution >= 0.6 is 11.6 Å². The number of para-hydroxylation sites is 1. The van der Waals surface area contributed by atoms with Gasteiger partial charge in [-0.25, -0.2) is 4.98 Å². The van der Waals surface area contributed by atoms with E-state index in [1.165, 1.54) is 4.68 Å². The number of rotatable bonds is 8. The monoisotopic (exact) mass is 500 g/mol. The van der Waals surface area contributed by atoms with Crippen molar-refractivity contribution in [2.24, 2.45) is 0 Å². The number of benzene rings is 3. The van der Waals surface area contributed by atoms with Crippen LogP contribution in [0, 0.1) is 0 Å². The fourth-order valence-corrected chi connectivity index (χ4v) is 3.78. The first-order chi connectivity index (χ1) is 17.6. The number of aromatic nitrogens is 4. The number of hydrogen-bond acceptors (Lipinski definition) is 6. The van der Waals surface area contributed by atoms with Crippen molar-refractivity contribution in [1.29, 1.82) is 0 Å². The molecule has 0 aliphatic carbocycles. The number of hydrogen-bond donors (Lipinski definition) is 0. The predicted octanol–water partition coefficient (Wildman–Crippen LogP) is 5.51. The molecule has 5 aromatic rings. The SMILES string of the molecule is COCOc1ccccc1-c1ccc(Oc2c(-n3ccnc3)cnn(-c3ccc(Cl)cc3)c2=O)cc1. The van der Waals surface area contributed by atoms with Crippen LogP contribution in [0.25, 0.3) is 22.5 Å². The van der Waals surface area contributed by atoms with Crippen molar-refractivity contribution in [3.05, 3.63) is 113 Å². The summed E-state index contributed by atoms with van der Waals surface area (Å²) in [6, 6.07) is 21.9. The van der Waals surface area contributed by atoms with Crippen LogP contribution in [0.15, 0.2) is 103 Å². The summed E-state index contributed by atoms with van der Waals surface area (Å²) < 4.78 is 19.8. The quantitative estimate of drug-likeness (QED) is 0.261. The van der Waals surface area contributed by atoms with E-state index in [1.807, 2.05) is 36.4 Å². The van der Waals surface area contributed by atoms with Crippen molar-refractivity contribution in [2.75, 3.05) is 13.9 Å². The Kier molecular flexibility index (Phi) is 6.79. The Morgan fingerprint density at radius 2 is 1.75 bits per heavy atom. The molecule has 2 aromatic heterocycles. The van der Waals surface area contributed by atoms with Crippen molar-refractivity contribution in [3.63, 3.8) is 0 Å². The van der Waals surface area contributed by atoms with Gasteiger partial charge in [0.1, 0.15) is 17.2 Å². The van der Waals surface area contributed by atoms with Gasteiger partial charge >= 0.3 is 5.56 Å². The molecule has 0 spiro atoms. The highest BCUT2D eigenvalue weighted by molar-refractivity contribution is 6.30. The molecule has 0 saturated carbocycles. The molecule has 0 aliphatic heterocycles. The van der Waals surface area contributed by atoms with E-state index in [4.69, 9.17) is 25.8 Å². The van der Waals surface area contributed by atoms with Crippen molar-refractivity contribution >= 4 is 11.6 Å². The van der Waals surface area contributed by atoms with Gasteiger partial charge in [-0.05, 0) is 48.0 Å². The molecule has 3 aromatic carbocycles. The number of nitrogens with zero attached hydrogens (tertiary/aromatic N) is 4. The van der Waals surface area contributed by atoms with Crippen LogP contribution in [0.1, 0.15) is 0 Å². The maximum atomic E-state index is 13.5. The average Bonchev–Trinajstić information content (AvgIpc) is 3.45. The first-order valence-corrected chi connectivity index (χ1v) is 11.4. The lowest BCUT2D eigenvalue weighted by atomic mass is 10.0. The molecule has 0 N–H and O–H groups in total. The highest BCUT2D eigenvalue weighted by Crippen LogP contribution is 2.32. The Balaban J connectivity index is 1.51. The molecular formula is C27H21ClN4O4. The van der Waals surface area contributed by atoms with E-state index in [1.54, 1.807) is 73.0 Å². The summed E-state index contributed by atoms with van der Waals surface area (Å²) in [6.45, 7) is 0.150. The first kappa shape index (κ1) is 23.3. The van der Waals surface area contributed by atoms with E-state index >= 15 is 0 Å². The zero-order valence-electron chi connectivity index (χ0n) is 19.2. The molecule has 0 amide bonds. The highest BCUT2D eigenvalue weighted by Gasteiger charge is 2.17. The van der Waals surface area contributed by atoms with Gasteiger partial charge in [-0.2, -0.15) is 9.78 Å². The minimum Gasteiger partial charge on any atom is -0.467 e. The first-order valence-electron chi connectivity index (χ1n) is 11.0. The third-order valence-corrected chi connectivity index (χ3v) is 5.63. The van der Waals surface area contributed by atoms with Gasteiger partial charge in [0.15, 0.2) is 6.79 Å². The fourth-order valence-electron chi connectivity index (χ4n) is 3.65. The molecule has 9 heteroatoms. The third kappa shape index (κ3) is 4.86. The average molecular weight is 501 g/mol. The Morgan fingerprint density at radius 1 is 0.972 bits per heavy atom. The van der Waals surface area contributed by atoms with Gasteiger partial charge in [-0.1, -0.05) is 41.9 Å². The van der Waals surface area contributed by atoms with E-state index in [-0.39, 0.29) is 12.5 Å². The summed E-state index contributed by atoms with van der Waals surface area (Å²) in [6.07, 6.45) is 6.48. The molecule has 0 aliphatic rings. The molecule has 0 saturated heterocycles. The second-order valence-corrected chi connectivity index (χ2v) is 8.13. The topological polar surface area (TPSA) is 80.4 Å². The largest absolute Gasteiger partial charge is 0.467 e. The minimum atomic E-state index is -0.425. The Labute approximate surface area is 211 Å². The van der Waals surface area contributed by atoms with Crippen molar-refractivity contribution in [3.8, 4) is 39.8 Å². The number of halogens is 1. The molecular weight excluding hydrogens is 480 g/mol. The maximum Gasteiger partial charge on any atom is 0.316 e. The third-order valence-electron chi connectivity index (χ3n) is 5.37. The number of methoxy groups -OCH3 is 1. The Hall–Kier alpha value is -4.40. The van der Waals surface area contributed by atoms with Crippen molar-refractivity contribution < 1.29 is 14.2 Å². The fraction of sp³-hybridized carbons (Fsp3) is 0.0741. The van der Waals surface area contributed by atoms with Gasteiger partial charge in [0, 0.05) is 30.1 Å². The van der Waals surface area contributed by atoms with Gasteiger partial charge in [0.05, 0.1) is 18.2 Å². The van der Waals surface area contributed by atoms with Crippen LogP contribution in [-0.2, 0) is 4.74 Å². The zero-order chi connectivity index (χ0) is 24.9. The lowest BCUT2D eigenvalue weighted by molar-refractivity contribution is 0.0515. The summed E-state index contributed by atoms with van der Waals surface area (Å²) in [5.74, 6) is 1.30. The smallest absolute Gasteiger partial charge is 0.316 e. The van der Waals surface area contributed by atoms with Crippen LogP contribution in [0.2, 0.25) is 5.02 Å². The van der Waals surface area contributed by atoms with E-state index < -0.39 is 5.56 Å². The standard InChI is InChI=1S/C27H21ClN4O4/c1-34-18-35-25-5-3-2-4-23(25)19-6-12-22(13-7-19)36-26-24(31-15-14-29-17-31)16-30-32(27(26)33)21-10-8-20(28)9-11-21/h2-17H,18H2,1H3. The summed E-state index contributed by atoms with van der Waals surface area (Å²) >= 11 is 6.01. The second kappa shape index (κ2) is 10.5. The van der Waals surface area contributed by atoms with Crippen molar-refractivity contribution in [2.45, 2.75) is 0 Å². The van der Waals surface area contributed by atoms with E-state index in [0.29, 0.717) is 27.9 Å². The molecule has 8 nitrogen and oxygen atoms in total. The van der Waals surface area contributed by atoms with Crippen LogP contribution in [0.3, 0.4) is 0 Å². The number of ether oxygens (including phenoxy) is 3. The van der Waals surface area contributed by atoms with Gasteiger partial charge in [-0.3, -0.25) is 4.79 Å². The highest BCUT2D eigenvalue weighted by atomic mass is 35.5. The Bertz CT molecular complexity index is 1520. The normalized spacial score (nSPS) is 10.8. The molecule has 0 unspecified atom stereocenters. The molecule has 0 bridgehead atoms. The lowest BCUT2D eigenvalue weighted by Crippen LogP contribution is -2.23. The van der Waals surface area contributed by atoms with E-state index in [2.05, 4.69) is 10.1 Å². The second-order valence-electron chi connectivity index (χ2n) is 7.70. The van der Waals surface area contributed by atoms with E-state index in [0.717, 1.165) is 11.1 Å². The van der Waals surface area contributed by atoms with Crippen LogP contribution < -0.4 is 15.0 Å². The summed E-state index contributed by atoms with van der Waals surface area (Å²) in [7, 11) is 1.58. The predicted molar refractivity (Wildman–Crippen MR) is 136 cm³/mol. The van der Waals surface area contributed by atoms with Gasteiger partial charge in [0.2, 0.25) is 5.75 Å². The van der Waals surface area contributed by atoms with Crippen LogP contribution in [-0.4, -0.2) is 33.2 Å². The molecule has 0 fully saturated rings. The molecule has 36 heavy (non-hydrogen) atoms. The zero-order valence-corrected chi connectivity index (χ0v) is 20.0. The molecule has 180 valence electrons. The number of imidazole rings is 1. The van der Waals surface area contributed by atoms with Crippen LogP contribution in [0.4, 0.5) is 0 Å². The molecule has 2 heterocycles. The van der Waals surface area contributed by atoms with Gasteiger partial charge in [0.25, 0.3) is 0 Å². The Morgan fingerprint density at radius 3 is 2.47 bits per heavy atom. The minimum absolute atomic E-state index is 0.106. The van der Waals surface area contributed by atoms with Crippen molar-refractivity contribution in [1.82, 2.24) is 19.3 Å². The summed E-state index contributed by atoms with van der Waals surface area (Å²) in [5.41, 5.74) is 2.44. The summed E-state index contributed by atoms with van der Waals surface area (Å²) in [4.78, 5) is 17.6. The van der Waals surface area contributed by atoms with E-state index in [9.17, 15) is 4.79 Å². The van der Waals surface area contributed by atoms with Gasteiger partial charge < -0.3 is 18.8 Å². The molecule has 0 radical (unpaired) electrons. The summed E-state index contributed by atoms with van der Waals surface area (Å²) in [5, 5.41) is 4.90.